The molecule has 0 unspecified atom stereocenters. The fraction of sp³-hybridized carbons (Fsp3) is 0.625. The number of methoxy groups -OCH3 is 1. The molecule has 108 valence electrons. The standard InChI is InChI=1S/C16H27NO2/c1-14(2)13-17-10-6-8-15-7-4-5-9-16(15)19-12-11-18-3/h4-5,7,9,14,17H,6,8,10-13H2,1-3H3. The Balaban J connectivity index is 2.31. The van der Waals surface area contributed by atoms with E-state index in [1.54, 1.807) is 7.11 Å². The zero-order chi connectivity index (χ0) is 13.9. The fourth-order valence-corrected chi connectivity index (χ4v) is 1.88. The van der Waals surface area contributed by atoms with Crippen molar-refractivity contribution in [2.24, 2.45) is 5.92 Å². The summed E-state index contributed by atoms with van der Waals surface area (Å²) >= 11 is 0. The van der Waals surface area contributed by atoms with Crippen LogP contribution in [0.5, 0.6) is 5.75 Å². The lowest BCUT2D eigenvalue weighted by molar-refractivity contribution is 0.145. The van der Waals surface area contributed by atoms with Gasteiger partial charge in [-0.1, -0.05) is 32.0 Å². The number of hydrogen-bond donors (Lipinski definition) is 1. The fourth-order valence-electron chi connectivity index (χ4n) is 1.88. The van der Waals surface area contributed by atoms with Crippen LogP contribution in [0.2, 0.25) is 0 Å². The van der Waals surface area contributed by atoms with Crippen molar-refractivity contribution in [2.75, 3.05) is 33.4 Å². The number of nitrogens with one attached hydrogen (secondary N) is 1. The number of aryl methyl sites for hydroxylation is 1. The van der Waals surface area contributed by atoms with Gasteiger partial charge in [-0.05, 0) is 43.5 Å². The van der Waals surface area contributed by atoms with E-state index in [-0.39, 0.29) is 0 Å². The number of rotatable bonds is 10. The Bertz CT molecular complexity index is 339. The first-order valence-corrected chi connectivity index (χ1v) is 7.14. The third-order valence-electron chi connectivity index (χ3n) is 2.87. The van der Waals surface area contributed by atoms with Gasteiger partial charge in [0.25, 0.3) is 0 Å². The van der Waals surface area contributed by atoms with Crippen molar-refractivity contribution in [1.29, 1.82) is 0 Å². The molecule has 0 spiro atoms. The van der Waals surface area contributed by atoms with E-state index in [9.17, 15) is 0 Å². The van der Waals surface area contributed by atoms with Crippen molar-refractivity contribution in [3.63, 3.8) is 0 Å². The Kier molecular flexibility index (Phi) is 8.26. The second-order valence-corrected chi connectivity index (χ2v) is 5.15. The van der Waals surface area contributed by atoms with E-state index in [1.165, 1.54) is 5.56 Å². The van der Waals surface area contributed by atoms with Crippen LogP contribution >= 0.6 is 0 Å². The first-order chi connectivity index (χ1) is 9.24. The molecule has 1 aromatic carbocycles. The van der Waals surface area contributed by atoms with Gasteiger partial charge in [0.05, 0.1) is 6.61 Å². The Hall–Kier alpha value is -1.06. The normalized spacial score (nSPS) is 10.9. The van der Waals surface area contributed by atoms with Gasteiger partial charge in [0.2, 0.25) is 0 Å². The van der Waals surface area contributed by atoms with E-state index < -0.39 is 0 Å². The van der Waals surface area contributed by atoms with Gasteiger partial charge in [0.15, 0.2) is 0 Å². The molecule has 0 bridgehead atoms. The van der Waals surface area contributed by atoms with Crippen LogP contribution in [-0.4, -0.2) is 33.4 Å². The Morgan fingerprint density at radius 2 is 1.95 bits per heavy atom. The Labute approximate surface area is 117 Å². The van der Waals surface area contributed by atoms with Crippen LogP contribution < -0.4 is 10.1 Å². The van der Waals surface area contributed by atoms with E-state index in [4.69, 9.17) is 9.47 Å². The van der Waals surface area contributed by atoms with Crippen LogP contribution in [0.3, 0.4) is 0 Å². The van der Waals surface area contributed by atoms with E-state index in [2.05, 4.69) is 31.3 Å². The molecule has 0 fully saturated rings. The summed E-state index contributed by atoms with van der Waals surface area (Å²) in [6, 6.07) is 8.26. The molecule has 0 heterocycles. The van der Waals surface area contributed by atoms with Crippen molar-refractivity contribution in [3.05, 3.63) is 29.8 Å². The van der Waals surface area contributed by atoms with Crippen molar-refractivity contribution in [3.8, 4) is 5.75 Å². The molecule has 0 aliphatic rings. The van der Waals surface area contributed by atoms with Gasteiger partial charge in [0, 0.05) is 7.11 Å². The quantitative estimate of drug-likeness (QED) is 0.660. The van der Waals surface area contributed by atoms with Crippen molar-refractivity contribution in [1.82, 2.24) is 5.32 Å². The van der Waals surface area contributed by atoms with E-state index in [0.717, 1.165) is 31.7 Å². The molecule has 0 aliphatic heterocycles. The third-order valence-corrected chi connectivity index (χ3v) is 2.87. The van der Waals surface area contributed by atoms with E-state index in [0.29, 0.717) is 19.1 Å². The number of benzene rings is 1. The predicted molar refractivity (Wildman–Crippen MR) is 79.8 cm³/mol. The van der Waals surface area contributed by atoms with Crippen molar-refractivity contribution in [2.45, 2.75) is 26.7 Å². The number of ether oxygens (including phenoxy) is 2. The molecule has 0 aliphatic carbocycles. The molecule has 1 N–H and O–H groups in total. The van der Waals surface area contributed by atoms with Crippen LogP contribution in [-0.2, 0) is 11.2 Å². The minimum Gasteiger partial charge on any atom is -0.491 e. The first-order valence-electron chi connectivity index (χ1n) is 7.14. The Morgan fingerprint density at radius 1 is 1.16 bits per heavy atom. The van der Waals surface area contributed by atoms with Gasteiger partial charge in [-0.2, -0.15) is 0 Å². The lowest BCUT2D eigenvalue weighted by atomic mass is 10.1. The second kappa shape index (κ2) is 9.82. The molecular formula is C16H27NO2. The van der Waals surface area contributed by atoms with Crippen LogP contribution in [0.25, 0.3) is 0 Å². The van der Waals surface area contributed by atoms with Crippen LogP contribution in [0.15, 0.2) is 24.3 Å². The molecule has 0 radical (unpaired) electrons. The van der Waals surface area contributed by atoms with Gasteiger partial charge in [-0.3, -0.25) is 0 Å². The van der Waals surface area contributed by atoms with E-state index in [1.807, 2.05) is 12.1 Å². The maximum atomic E-state index is 5.73. The van der Waals surface area contributed by atoms with Crippen molar-refractivity contribution >= 4 is 0 Å². The van der Waals surface area contributed by atoms with Crippen LogP contribution in [0, 0.1) is 5.92 Å². The maximum absolute atomic E-state index is 5.73. The van der Waals surface area contributed by atoms with Gasteiger partial charge < -0.3 is 14.8 Å². The smallest absolute Gasteiger partial charge is 0.122 e. The minimum absolute atomic E-state index is 0.610. The molecule has 0 amide bonds. The Morgan fingerprint density at radius 3 is 2.68 bits per heavy atom. The zero-order valence-corrected chi connectivity index (χ0v) is 12.4. The lowest BCUT2D eigenvalue weighted by Crippen LogP contribution is -2.21. The minimum atomic E-state index is 0.610. The summed E-state index contributed by atoms with van der Waals surface area (Å²) in [5, 5.41) is 3.47. The van der Waals surface area contributed by atoms with Gasteiger partial charge >= 0.3 is 0 Å². The number of para-hydroxylation sites is 1. The summed E-state index contributed by atoms with van der Waals surface area (Å²) in [6.07, 6.45) is 2.19. The molecule has 0 saturated heterocycles. The molecule has 3 heteroatoms. The van der Waals surface area contributed by atoms with Crippen LogP contribution in [0.1, 0.15) is 25.8 Å². The van der Waals surface area contributed by atoms with Gasteiger partial charge in [-0.25, -0.2) is 0 Å². The van der Waals surface area contributed by atoms with Gasteiger partial charge in [-0.15, -0.1) is 0 Å². The highest BCUT2D eigenvalue weighted by Gasteiger charge is 2.02. The average Bonchev–Trinajstić information content (AvgIpc) is 2.40. The van der Waals surface area contributed by atoms with Crippen LogP contribution in [0.4, 0.5) is 0 Å². The molecule has 19 heavy (non-hydrogen) atoms. The lowest BCUT2D eigenvalue weighted by Gasteiger charge is -2.11. The molecule has 0 saturated carbocycles. The second-order valence-electron chi connectivity index (χ2n) is 5.15. The van der Waals surface area contributed by atoms with Crippen molar-refractivity contribution < 1.29 is 9.47 Å². The summed E-state index contributed by atoms with van der Waals surface area (Å²) in [7, 11) is 1.69. The third kappa shape index (κ3) is 7.19. The summed E-state index contributed by atoms with van der Waals surface area (Å²) in [5.41, 5.74) is 1.28. The first kappa shape index (κ1) is 16.0. The summed E-state index contributed by atoms with van der Waals surface area (Å²) < 4.78 is 10.7. The highest BCUT2D eigenvalue weighted by molar-refractivity contribution is 5.33. The SMILES string of the molecule is COCCOc1ccccc1CCCNCC(C)C. The molecule has 3 nitrogen and oxygen atoms in total. The molecule has 1 aromatic rings. The topological polar surface area (TPSA) is 30.5 Å². The largest absolute Gasteiger partial charge is 0.491 e. The zero-order valence-electron chi connectivity index (χ0n) is 12.4. The molecular weight excluding hydrogens is 238 g/mol. The monoisotopic (exact) mass is 265 g/mol. The molecule has 0 aromatic heterocycles. The summed E-state index contributed by atoms with van der Waals surface area (Å²) in [4.78, 5) is 0. The summed E-state index contributed by atoms with van der Waals surface area (Å²) in [5.74, 6) is 1.70. The highest BCUT2D eigenvalue weighted by Crippen LogP contribution is 2.19. The predicted octanol–water partition coefficient (Wildman–Crippen LogP) is 2.89. The number of hydrogen-bond acceptors (Lipinski definition) is 3. The molecule has 0 atom stereocenters. The average molecular weight is 265 g/mol. The summed E-state index contributed by atoms with van der Waals surface area (Å²) in [6.45, 7) is 7.85. The molecule has 1 rings (SSSR count). The van der Waals surface area contributed by atoms with E-state index >= 15 is 0 Å². The highest BCUT2D eigenvalue weighted by atomic mass is 16.5. The maximum Gasteiger partial charge on any atom is 0.122 e. The van der Waals surface area contributed by atoms with Gasteiger partial charge in [0.1, 0.15) is 12.4 Å².